The van der Waals surface area contributed by atoms with E-state index in [0.717, 1.165) is 10.5 Å². The lowest BCUT2D eigenvalue weighted by atomic mass is 10.1. The molecule has 37 heavy (non-hydrogen) atoms. The van der Waals surface area contributed by atoms with Gasteiger partial charge in [-0.3, -0.25) is 14.4 Å². The molecule has 0 N–H and O–H groups in total. The highest BCUT2D eigenvalue weighted by molar-refractivity contribution is 6.23. The van der Waals surface area contributed by atoms with E-state index in [1.807, 2.05) is 30.3 Å². The third-order valence-electron chi connectivity index (χ3n) is 6.22. The fraction of sp³-hybridized carbons (Fsp3) is 0.241. The first-order valence-electron chi connectivity index (χ1n) is 12.1. The summed E-state index contributed by atoms with van der Waals surface area (Å²) in [5.41, 5.74) is 2.07. The minimum atomic E-state index is -0.949. The molecular weight excluding hydrogens is 472 g/mol. The van der Waals surface area contributed by atoms with Crippen LogP contribution in [0.25, 0.3) is 0 Å². The molecule has 0 saturated carbocycles. The average Bonchev–Trinajstić information content (AvgIpc) is 3.22. The maximum atomic E-state index is 13.6. The van der Waals surface area contributed by atoms with Crippen molar-refractivity contribution in [2.24, 2.45) is 0 Å². The van der Waals surface area contributed by atoms with Crippen LogP contribution in [0.15, 0.2) is 78.9 Å². The predicted molar refractivity (Wildman–Crippen MR) is 137 cm³/mol. The Morgan fingerprint density at radius 3 is 2.19 bits per heavy atom. The Balaban J connectivity index is 1.59. The molecule has 8 heteroatoms. The van der Waals surface area contributed by atoms with Crippen LogP contribution in [0.5, 0.6) is 5.75 Å². The van der Waals surface area contributed by atoms with Crippen LogP contribution in [0, 0.1) is 0 Å². The molecule has 1 aliphatic rings. The molecule has 0 bridgehead atoms. The molecular formula is C29H28N2O6. The summed E-state index contributed by atoms with van der Waals surface area (Å²) >= 11 is 0. The van der Waals surface area contributed by atoms with E-state index >= 15 is 0 Å². The van der Waals surface area contributed by atoms with Crippen molar-refractivity contribution < 1.29 is 28.7 Å². The van der Waals surface area contributed by atoms with Crippen molar-refractivity contribution >= 4 is 29.4 Å². The number of ether oxygens (including phenoxy) is 2. The van der Waals surface area contributed by atoms with Crippen molar-refractivity contribution in [1.82, 2.24) is 4.90 Å². The molecule has 3 amide bonds. The number of anilines is 1. The molecule has 0 radical (unpaired) electrons. The molecule has 3 aromatic carbocycles. The van der Waals surface area contributed by atoms with E-state index in [-0.39, 0.29) is 25.5 Å². The van der Waals surface area contributed by atoms with Crippen LogP contribution in [0.2, 0.25) is 0 Å². The number of methoxy groups -OCH3 is 1. The lowest BCUT2D eigenvalue weighted by Crippen LogP contribution is -2.46. The summed E-state index contributed by atoms with van der Waals surface area (Å²) in [6, 6.07) is 21.4. The molecule has 4 rings (SSSR count). The van der Waals surface area contributed by atoms with Gasteiger partial charge in [-0.05, 0) is 67.4 Å². The van der Waals surface area contributed by atoms with Gasteiger partial charge in [0.05, 0.1) is 31.4 Å². The summed E-state index contributed by atoms with van der Waals surface area (Å²) in [6.45, 7) is 2.21. The third-order valence-corrected chi connectivity index (χ3v) is 6.22. The zero-order valence-corrected chi connectivity index (χ0v) is 20.8. The summed E-state index contributed by atoms with van der Waals surface area (Å²) in [4.78, 5) is 54.6. The Bertz CT molecular complexity index is 1270. The van der Waals surface area contributed by atoms with Gasteiger partial charge in [-0.15, -0.1) is 0 Å². The van der Waals surface area contributed by atoms with E-state index in [2.05, 4.69) is 0 Å². The molecule has 1 saturated heterocycles. The molecule has 190 valence electrons. The number of carbonyl (C=O) groups excluding carboxylic acids is 4. The molecule has 0 aliphatic carbocycles. The van der Waals surface area contributed by atoms with Crippen molar-refractivity contribution in [3.8, 4) is 5.75 Å². The Kier molecular flexibility index (Phi) is 7.98. The number of rotatable bonds is 9. The number of hydrogen-bond acceptors (Lipinski definition) is 6. The second kappa shape index (κ2) is 11.5. The maximum Gasteiger partial charge on any atom is 0.338 e. The Morgan fingerprint density at radius 1 is 0.919 bits per heavy atom. The van der Waals surface area contributed by atoms with Crippen LogP contribution < -0.4 is 9.64 Å². The molecule has 1 unspecified atom stereocenters. The number of benzene rings is 3. The van der Waals surface area contributed by atoms with E-state index in [1.54, 1.807) is 38.3 Å². The smallest absolute Gasteiger partial charge is 0.338 e. The van der Waals surface area contributed by atoms with Crippen molar-refractivity contribution in [2.45, 2.75) is 25.8 Å². The molecule has 0 aromatic heterocycles. The highest BCUT2D eigenvalue weighted by Crippen LogP contribution is 2.28. The second-order valence-electron chi connectivity index (χ2n) is 8.52. The molecule has 3 aromatic rings. The van der Waals surface area contributed by atoms with E-state index < -0.39 is 23.8 Å². The van der Waals surface area contributed by atoms with Gasteiger partial charge in [-0.2, -0.15) is 0 Å². The zero-order chi connectivity index (χ0) is 26.4. The van der Waals surface area contributed by atoms with Gasteiger partial charge < -0.3 is 14.4 Å². The summed E-state index contributed by atoms with van der Waals surface area (Å²) < 4.78 is 10.2. The van der Waals surface area contributed by atoms with Crippen molar-refractivity contribution in [3.63, 3.8) is 0 Å². The molecule has 0 spiro atoms. The lowest BCUT2D eigenvalue weighted by molar-refractivity contribution is -0.122. The van der Waals surface area contributed by atoms with Gasteiger partial charge in [0.1, 0.15) is 11.8 Å². The van der Waals surface area contributed by atoms with Gasteiger partial charge in [0.15, 0.2) is 0 Å². The molecule has 1 aliphatic heterocycles. The number of esters is 1. The monoisotopic (exact) mass is 500 g/mol. The van der Waals surface area contributed by atoms with E-state index in [9.17, 15) is 19.2 Å². The standard InChI is InChI=1S/C29H28N2O6/c1-3-37-29(35)22-9-13-23(14-10-22)31-26(32)19-25(28(31)34)30(18-17-20-7-5-4-6-8-20)27(33)21-11-15-24(36-2)16-12-21/h4-16,25H,3,17-19H2,1-2H3. The van der Waals surface area contributed by atoms with Gasteiger partial charge in [0, 0.05) is 12.1 Å². The van der Waals surface area contributed by atoms with Crippen LogP contribution in [-0.4, -0.2) is 54.9 Å². The molecule has 8 nitrogen and oxygen atoms in total. The quantitative estimate of drug-likeness (QED) is 0.327. The number of imide groups is 1. The van der Waals surface area contributed by atoms with Crippen LogP contribution >= 0.6 is 0 Å². The van der Waals surface area contributed by atoms with Gasteiger partial charge in [-0.25, -0.2) is 9.69 Å². The van der Waals surface area contributed by atoms with Gasteiger partial charge >= 0.3 is 5.97 Å². The molecule has 1 fully saturated rings. The zero-order valence-electron chi connectivity index (χ0n) is 20.8. The highest BCUT2D eigenvalue weighted by Gasteiger charge is 2.44. The molecule has 1 heterocycles. The fourth-order valence-corrected chi connectivity index (χ4v) is 4.28. The summed E-state index contributed by atoms with van der Waals surface area (Å²) in [6.07, 6.45) is 0.393. The van der Waals surface area contributed by atoms with Gasteiger partial charge in [-0.1, -0.05) is 30.3 Å². The topological polar surface area (TPSA) is 93.2 Å². The average molecular weight is 501 g/mol. The number of nitrogens with zero attached hydrogens (tertiary/aromatic N) is 2. The Morgan fingerprint density at radius 2 is 1.57 bits per heavy atom. The Hall–Kier alpha value is -4.46. The minimum absolute atomic E-state index is 0.130. The second-order valence-corrected chi connectivity index (χ2v) is 8.52. The first-order valence-corrected chi connectivity index (χ1v) is 12.1. The van der Waals surface area contributed by atoms with Crippen LogP contribution in [0.1, 0.15) is 39.6 Å². The first kappa shape index (κ1) is 25.6. The number of amides is 3. The number of carbonyl (C=O) groups is 4. The van der Waals surface area contributed by atoms with E-state index in [4.69, 9.17) is 9.47 Å². The summed E-state index contributed by atoms with van der Waals surface area (Å²) in [5, 5.41) is 0. The van der Waals surface area contributed by atoms with Crippen molar-refractivity contribution in [1.29, 1.82) is 0 Å². The van der Waals surface area contributed by atoms with Gasteiger partial charge in [0.2, 0.25) is 5.91 Å². The fourth-order valence-electron chi connectivity index (χ4n) is 4.28. The SMILES string of the molecule is CCOC(=O)c1ccc(N2C(=O)CC(N(CCc3ccccc3)C(=O)c3ccc(OC)cc3)C2=O)cc1. The van der Waals surface area contributed by atoms with Crippen LogP contribution in [-0.2, 0) is 20.7 Å². The maximum absolute atomic E-state index is 13.6. The normalized spacial score (nSPS) is 15.0. The minimum Gasteiger partial charge on any atom is -0.497 e. The predicted octanol–water partition coefficient (Wildman–Crippen LogP) is 3.89. The first-order chi connectivity index (χ1) is 17.9. The van der Waals surface area contributed by atoms with Crippen molar-refractivity contribution in [2.75, 3.05) is 25.2 Å². The Labute approximate surface area is 215 Å². The van der Waals surface area contributed by atoms with Crippen LogP contribution in [0.3, 0.4) is 0 Å². The van der Waals surface area contributed by atoms with E-state index in [0.29, 0.717) is 29.0 Å². The largest absolute Gasteiger partial charge is 0.497 e. The van der Waals surface area contributed by atoms with E-state index in [1.165, 1.54) is 29.2 Å². The lowest BCUT2D eigenvalue weighted by Gasteiger charge is -2.28. The van der Waals surface area contributed by atoms with Crippen molar-refractivity contribution in [3.05, 3.63) is 95.6 Å². The van der Waals surface area contributed by atoms with Crippen LogP contribution in [0.4, 0.5) is 5.69 Å². The number of hydrogen-bond donors (Lipinski definition) is 0. The summed E-state index contributed by atoms with van der Waals surface area (Å²) in [7, 11) is 1.54. The summed E-state index contributed by atoms with van der Waals surface area (Å²) in [5.74, 6) is -1.11. The highest BCUT2D eigenvalue weighted by atomic mass is 16.5. The third kappa shape index (κ3) is 5.69. The molecule has 1 atom stereocenters. The van der Waals surface area contributed by atoms with Gasteiger partial charge in [0.25, 0.3) is 11.8 Å².